The van der Waals surface area contributed by atoms with Gasteiger partial charge in [-0.1, -0.05) is 12.1 Å². The molecule has 1 aromatic carbocycles. The van der Waals surface area contributed by atoms with Crippen LogP contribution in [0.2, 0.25) is 0 Å². The first-order chi connectivity index (χ1) is 11.3. The Labute approximate surface area is 143 Å². The van der Waals surface area contributed by atoms with Gasteiger partial charge < -0.3 is 10.4 Å². The van der Waals surface area contributed by atoms with Crippen LogP contribution in [0.1, 0.15) is 35.0 Å². The number of nitrogens with one attached hydrogen (secondary N) is 1. The fourth-order valence-corrected chi connectivity index (χ4v) is 3.84. The maximum absolute atomic E-state index is 13.1. The number of benzene rings is 1. The second kappa shape index (κ2) is 6.02. The average Bonchev–Trinajstić information content (AvgIpc) is 3.31. The van der Waals surface area contributed by atoms with Gasteiger partial charge in [0.2, 0.25) is 0 Å². The molecule has 1 saturated carbocycles. The van der Waals surface area contributed by atoms with Crippen molar-refractivity contribution in [2.75, 3.05) is 0 Å². The Morgan fingerprint density at radius 3 is 2.46 bits per heavy atom. The van der Waals surface area contributed by atoms with Crippen molar-refractivity contribution in [3.8, 4) is 10.4 Å². The zero-order valence-corrected chi connectivity index (χ0v) is 14.2. The van der Waals surface area contributed by atoms with Crippen molar-refractivity contribution < 1.29 is 19.1 Å². The molecule has 1 aliphatic rings. The van der Waals surface area contributed by atoms with Gasteiger partial charge in [0.05, 0.1) is 4.88 Å². The van der Waals surface area contributed by atoms with Gasteiger partial charge in [-0.05, 0) is 61.9 Å². The summed E-state index contributed by atoms with van der Waals surface area (Å²) in [5.74, 6) is -1.72. The van der Waals surface area contributed by atoms with E-state index in [0.717, 1.165) is 28.8 Å². The molecule has 24 heavy (non-hydrogen) atoms. The summed E-state index contributed by atoms with van der Waals surface area (Å²) in [7, 11) is 0. The van der Waals surface area contributed by atoms with Crippen molar-refractivity contribution in [3.63, 3.8) is 0 Å². The van der Waals surface area contributed by atoms with Crippen LogP contribution < -0.4 is 5.32 Å². The standard InChI is InChI=1S/C18H18FNO3S/c1-10-9-14(24-15(10)11-3-7-13(19)8-4-11)16(21)20-18(2,17(22)23)12-5-6-12/h3-4,7-9,12H,5-6H2,1-2H3,(H,20,21)(H,22,23)/t18-/m1/s1. The Balaban J connectivity index is 1.85. The molecule has 1 aliphatic carbocycles. The number of carboxylic acids is 1. The summed E-state index contributed by atoms with van der Waals surface area (Å²) < 4.78 is 13.1. The molecule has 0 spiro atoms. The third-order valence-electron chi connectivity index (χ3n) is 4.46. The number of carbonyl (C=O) groups excluding carboxylic acids is 1. The van der Waals surface area contributed by atoms with Crippen molar-refractivity contribution >= 4 is 23.2 Å². The van der Waals surface area contributed by atoms with Gasteiger partial charge in [0.25, 0.3) is 5.91 Å². The topological polar surface area (TPSA) is 66.4 Å². The normalized spacial score (nSPS) is 16.5. The van der Waals surface area contributed by atoms with Crippen LogP contribution in [0.4, 0.5) is 4.39 Å². The number of hydrogen-bond acceptors (Lipinski definition) is 3. The third-order valence-corrected chi connectivity index (χ3v) is 5.74. The molecule has 2 N–H and O–H groups in total. The second-order valence-electron chi connectivity index (χ2n) is 6.37. The van der Waals surface area contributed by atoms with Gasteiger partial charge in [0.15, 0.2) is 0 Å². The summed E-state index contributed by atoms with van der Waals surface area (Å²) >= 11 is 1.28. The average molecular weight is 347 g/mol. The summed E-state index contributed by atoms with van der Waals surface area (Å²) in [5.41, 5.74) is 0.506. The highest BCUT2D eigenvalue weighted by atomic mass is 32.1. The van der Waals surface area contributed by atoms with E-state index >= 15 is 0 Å². The van der Waals surface area contributed by atoms with Crippen molar-refractivity contribution in [1.29, 1.82) is 0 Å². The number of aliphatic carboxylic acids is 1. The van der Waals surface area contributed by atoms with Crippen LogP contribution in [0, 0.1) is 18.7 Å². The minimum absolute atomic E-state index is 0.0171. The molecule has 1 atom stereocenters. The van der Waals surface area contributed by atoms with Crippen molar-refractivity contribution in [1.82, 2.24) is 5.32 Å². The number of carbonyl (C=O) groups is 2. The van der Waals surface area contributed by atoms with Crippen molar-refractivity contribution in [3.05, 3.63) is 46.6 Å². The van der Waals surface area contributed by atoms with Crippen LogP contribution in [-0.2, 0) is 4.79 Å². The largest absolute Gasteiger partial charge is 0.480 e. The summed E-state index contributed by atoms with van der Waals surface area (Å²) in [6.07, 6.45) is 1.63. The van der Waals surface area contributed by atoms with E-state index < -0.39 is 11.5 Å². The Hall–Kier alpha value is -2.21. The summed E-state index contributed by atoms with van der Waals surface area (Å²) in [6.45, 7) is 3.44. The molecule has 1 heterocycles. The molecule has 126 valence electrons. The van der Waals surface area contributed by atoms with E-state index in [4.69, 9.17) is 0 Å². The van der Waals surface area contributed by atoms with Crippen LogP contribution in [0.3, 0.4) is 0 Å². The number of thiophene rings is 1. The maximum Gasteiger partial charge on any atom is 0.329 e. The number of amides is 1. The number of hydrogen-bond donors (Lipinski definition) is 2. The molecule has 1 amide bonds. The number of halogens is 1. The Morgan fingerprint density at radius 2 is 1.92 bits per heavy atom. The predicted molar refractivity (Wildman–Crippen MR) is 90.7 cm³/mol. The lowest BCUT2D eigenvalue weighted by Crippen LogP contribution is -2.53. The lowest BCUT2D eigenvalue weighted by Gasteiger charge is -2.25. The number of carboxylic acid groups (broad SMARTS) is 1. The van der Waals surface area contributed by atoms with Crippen LogP contribution in [0.15, 0.2) is 30.3 Å². The number of aryl methyl sites for hydroxylation is 1. The smallest absolute Gasteiger partial charge is 0.329 e. The van der Waals surface area contributed by atoms with Crippen molar-refractivity contribution in [2.24, 2.45) is 5.92 Å². The zero-order valence-electron chi connectivity index (χ0n) is 13.4. The molecule has 4 nitrogen and oxygen atoms in total. The molecule has 0 unspecified atom stereocenters. The SMILES string of the molecule is Cc1cc(C(=O)N[C@@](C)(C(=O)O)C2CC2)sc1-c1ccc(F)cc1. The van der Waals surface area contributed by atoms with Gasteiger partial charge in [-0.15, -0.1) is 11.3 Å². The van der Waals surface area contributed by atoms with E-state index in [1.165, 1.54) is 23.5 Å². The molecule has 0 bridgehead atoms. The lowest BCUT2D eigenvalue weighted by molar-refractivity contribution is -0.144. The maximum atomic E-state index is 13.1. The second-order valence-corrected chi connectivity index (χ2v) is 7.42. The molecule has 0 saturated heterocycles. The fourth-order valence-electron chi connectivity index (χ4n) is 2.77. The van der Waals surface area contributed by atoms with E-state index in [0.29, 0.717) is 4.88 Å². The molecular weight excluding hydrogens is 329 g/mol. The fraction of sp³-hybridized carbons (Fsp3) is 0.333. The Kier molecular flexibility index (Phi) is 4.17. The lowest BCUT2D eigenvalue weighted by atomic mass is 9.96. The highest BCUT2D eigenvalue weighted by molar-refractivity contribution is 7.17. The minimum atomic E-state index is -1.23. The highest BCUT2D eigenvalue weighted by Crippen LogP contribution is 2.40. The molecular formula is C18H18FNO3S. The Bertz CT molecular complexity index is 795. The van der Waals surface area contributed by atoms with Crippen LogP contribution in [0.5, 0.6) is 0 Å². The van der Waals surface area contributed by atoms with E-state index in [1.807, 2.05) is 6.92 Å². The van der Waals surface area contributed by atoms with Crippen molar-refractivity contribution in [2.45, 2.75) is 32.2 Å². The molecule has 6 heteroatoms. The van der Waals surface area contributed by atoms with E-state index in [2.05, 4.69) is 5.32 Å². The van der Waals surface area contributed by atoms with Crippen LogP contribution in [-0.4, -0.2) is 22.5 Å². The predicted octanol–water partition coefficient (Wildman–Crippen LogP) is 3.85. The molecule has 2 aromatic rings. The zero-order chi connectivity index (χ0) is 17.5. The monoisotopic (exact) mass is 347 g/mol. The summed E-state index contributed by atoms with van der Waals surface area (Å²) in [4.78, 5) is 25.4. The van der Waals surface area contributed by atoms with Gasteiger partial charge in [-0.3, -0.25) is 4.79 Å². The molecule has 0 radical (unpaired) electrons. The van der Waals surface area contributed by atoms with E-state index in [9.17, 15) is 19.1 Å². The molecule has 1 fully saturated rings. The van der Waals surface area contributed by atoms with Gasteiger partial charge in [0, 0.05) is 4.88 Å². The quantitative estimate of drug-likeness (QED) is 0.863. The van der Waals surface area contributed by atoms with Gasteiger partial charge in [0.1, 0.15) is 11.4 Å². The third kappa shape index (κ3) is 3.06. The summed E-state index contributed by atoms with van der Waals surface area (Å²) in [6, 6.07) is 7.84. The first-order valence-electron chi connectivity index (χ1n) is 7.73. The first kappa shape index (κ1) is 16.6. The van der Waals surface area contributed by atoms with Crippen LogP contribution in [0.25, 0.3) is 10.4 Å². The minimum Gasteiger partial charge on any atom is -0.480 e. The van der Waals surface area contributed by atoms with Gasteiger partial charge in [-0.2, -0.15) is 0 Å². The van der Waals surface area contributed by atoms with E-state index in [-0.39, 0.29) is 17.6 Å². The van der Waals surface area contributed by atoms with Gasteiger partial charge in [-0.25, -0.2) is 9.18 Å². The first-order valence-corrected chi connectivity index (χ1v) is 8.55. The summed E-state index contributed by atoms with van der Waals surface area (Å²) in [5, 5.41) is 12.1. The Morgan fingerprint density at radius 1 is 1.29 bits per heavy atom. The highest BCUT2D eigenvalue weighted by Gasteiger charge is 2.48. The van der Waals surface area contributed by atoms with Crippen LogP contribution >= 0.6 is 11.3 Å². The number of rotatable bonds is 5. The van der Waals surface area contributed by atoms with Gasteiger partial charge >= 0.3 is 5.97 Å². The van der Waals surface area contributed by atoms with E-state index in [1.54, 1.807) is 25.1 Å². The molecule has 3 rings (SSSR count). The molecule has 1 aromatic heterocycles. The molecule has 0 aliphatic heterocycles.